The summed E-state index contributed by atoms with van der Waals surface area (Å²) in [6, 6.07) is 15.4. The van der Waals surface area contributed by atoms with Crippen LogP contribution in [0.5, 0.6) is 0 Å². The number of ether oxygens (including phenoxy) is 1. The maximum atomic E-state index is 13.0. The van der Waals surface area contributed by atoms with Crippen LogP contribution in [0.25, 0.3) is 0 Å². The molecule has 0 saturated heterocycles. The zero-order chi connectivity index (χ0) is 23.5. The molecule has 1 heterocycles. The summed E-state index contributed by atoms with van der Waals surface area (Å²) in [5.74, 6) is -0.538. The van der Waals surface area contributed by atoms with E-state index < -0.39 is 18.2 Å². The Labute approximate surface area is 198 Å². The lowest BCUT2D eigenvalue weighted by atomic mass is 10.0. The smallest absolute Gasteiger partial charge is 0.408 e. The molecule has 0 aromatic heterocycles. The Morgan fingerprint density at radius 3 is 2.64 bits per heavy atom. The van der Waals surface area contributed by atoms with Crippen molar-refractivity contribution in [1.82, 2.24) is 16.0 Å². The van der Waals surface area contributed by atoms with E-state index in [1.54, 1.807) is 12.1 Å². The van der Waals surface area contributed by atoms with Gasteiger partial charge >= 0.3 is 6.09 Å². The molecule has 3 N–H and O–H groups in total. The molecule has 8 heteroatoms. The predicted octanol–water partition coefficient (Wildman–Crippen LogP) is 3.52. The highest BCUT2D eigenvalue weighted by Crippen LogP contribution is 2.13. The van der Waals surface area contributed by atoms with E-state index in [-0.39, 0.29) is 18.4 Å². The summed E-state index contributed by atoms with van der Waals surface area (Å²) in [5, 5.41) is 9.04. The Balaban J connectivity index is 1.67. The molecule has 0 spiro atoms. The highest BCUT2D eigenvalue weighted by molar-refractivity contribution is 6.30. The van der Waals surface area contributed by atoms with E-state index in [0.29, 0.717) is 37.3 Å². The van der Waals surface area contributed by atoms with Gasteiger partial charge in [0.1, 0.15) is 12.6 Å². The van der Waals surface area contributed by atoms with Gasteiger partial charge in [0, 0.05) is 17.6 Å². The van der Waals surface area contributed by atoms with Gasteiger partial charge in [-0.25, -0.2) is 4.79 Å². The summed E-state index contributed by atoms with van der Waals surface area (Å²) < 4.78 is 5.29. The van der Waals surface area contributed by atoms with Gasteiger partial charge in [0.2, 0.25) is 11.8 Å². The van der Waals surface area contributed by atoms with E-state index in [9.17, 15) is 14.4 Å². The van der Waals surface area contributed by atoms with Crippen LogP contribution in [0.2, 0.25) is 5.02 Å². The van der Waals surface area contributed by atoms with Crippen molar-refractivity contribution in [2.75, 3.05) is 6.54 Å². The van der Waals surface area contributed by atoms with Crippen molar-refractivity contribution in [3.05, 3.63) is 82.9 Å². The molecule has 2 aromatic rings. The number of rotatable bonds is 5. The second kappa shape index (κ2) is 12.6. The van der Waals surface area contributed by atoms with Crippen molar-refractivity contribution < 1.29 is 19.1 Å². The largest absolute Gasteiger partial charge is 0.445 e. The van der Waals surface area contributed by atoms with Crippen LogP contribution in [0.3, 0.4) is 0 Å². The zero-order valence-electron chi connectivity index (χ0n) is 18.3. The van der Waals surface area contributed by atoms with Crippen molar-refractivity contribution in [3.63, 3.8) is 0 Å². The number of amides is 3. The molecule has 174 valence electrons. The van der Waals surface area contributed by atoms with Crippen LogP contribution in [0.15, 0.2) is 66.7 Å². The van der Waals surface area contributed by atoms with Crippen LogP contribution in [0, 0.1) is 0 Å². The second-order valence-electron chi connectivity index (χ2n) is 7.85. The molecular weight excluding hydrogens is 442 g/mol. The molecule has 2 aromatic carbocycles. The highest BCUT2D eigenvalue weighted by atomic mass is 35.5. The minimum absolute atomic E-state index is 0.118. The molecular formula is C25H28ClN3O4. The standard InChI is InChI=1S/C25H28ClN3O4/c26-20-10-6-9-19(15-20)16-21-12-13-23(30)27-14-5-4-11-22(24(31)28-21)29-25(32)33-17-18-7-2-1-3-8-18/h1-3,6-10,12-13,15,21-22H,4-5,11,14,16-17H2,(H,27,30)(H,28,31)(H,29,32)/b13-12+/t21-,22+/m1/s1. The molecule has 1 aliphatic rings. The normalized spacial score (nSPS) is 20.4. The first-order valence-corrected chi connectivity index (χ1v) is 11.4. The molecule has 0 bridgehead atoms. The third-order valence-corrected chi connectivity index (χ3v) is 5.43. The number of benzene rings is 2. The molecule has 0 unspecified atom stereocenters. The van der Waals surface area contributed by atoms with E-state index in [4.69, 9.17) is 16.3 Å². The maximum Gasteiger partial charge on any atom is 0.408 e. The Bertz CT molecular complexity index is 981. The minimum Gasteiger partial charge on any atom is -0.445 e. The number of carbonyl (C=O) groups is 3. The Hall–Kier alpha value is -3.32. The molecule has 0 aliphatic carbocycles. The topological polar surface area (TPSA) is 96.5 Å². The van der Waals surface area contributed by atoms with Crippen molar-refractivity contribution in [1.29, 1.82) is 0 Å². The summed E-state index contributed by atoms with van der Waals surface area (Å²) in [6.07, 6.45) is 4.64. The fraction of sp³-hybridized carbons (Fsp3) is 0.320. The summed E-state index contributed by atoms with van der Waals surface area (Å²) in [4.78, 5) is 37.4. The average molecular weight is 470 g/mol. The van der Waals surface area contributed by atoms with E-state index >= 15 is 0 Å². The fourth-order valence-corrected chi connectivity index (χ4v) is 3.70. The first-order chi connectivity index (χ1) is 16.0. The van der Waals surface area contributed by atoms with Gasteiger partial charge in [0.25, 0.3) is 0 Å². The van der Waals surface area contributed by atoms with Gasteiger partial charge < -0.3 is 20.7 Å². The summed E-state index contributed by atoms with van der Waals surface area (Å²) in [6.45, 7) is 0.613. The third kappa shape index (κ3) is 8.61. The number of nitrogens with one attached hydrogen (secondary N) is 3. The van der Waals surface area contributed by atoms with Crippen LogP contribution in [-0.4, -0.2) is 36.5 Å². The number of hydrogen-bond acceptors (Lipinski definition) is 4. The van der Waals surface area contributed by atoms with Gasteiger partial charge in [-0.05, 0) is 48.9 Å². The van der Waals surface area contributed by atoms with Gasteiger partial charge in [0.15, 0.2) is 0 Å². The highest BCUT2D eigenvalue weighted by Gasteiger charge is 2.24. The Morgan fingerprint density at radius 2 is 1.85 bits per heavy atom. The Kier molecular flexibility index (Phi) is 9.32. The van der Waals surface area contributed by atoms with Crippen molar-refractivity contribution >= 4 is 29.5 Å². The molecule has 33 heavy (non-hydrogen) atoms. The van der Waals surface area contributed by atoms with E-state index in [1.165, 1.54) is 6.08 Å². The van der Waals surface area contributed by atoms with Crippen molar-refractivity contribution in [3.8, 4) is 0 Å². The minimum atomic E-state index is -0.751. The lowest BCUT2D eigenvalue weighted by Crippen LogP contribution is -2.50. The predicted molar refractivity (Wildman–Crippen MR) is 127 cm³/mol. The van der Waals surface area contributed by atoms with Crippen molar-refractivity contribution in [2.45, 2.75) is 44.4 Å². The van der Waals surface area contributed by atoms with Crippen LogP contribution < -0.4 is 16.0 Å². The average Bonchev–Trinajstić information content (AvgIpc) is 2.80. The first kappa shape index (κ1) is 24.3. The molecule has 3 rings (SSSR count). The molecule has 7 nitrogen and oxygen atoms in total. The second-order valence-corrected chi connectivity index (χ2v) is 8.29. The number of carbonyl (C=O) groups excluding carboxylic acids is 3. The lowest BCUT2D eigenvalue weighted by Gasteiger charge is -2.22. The van der Waals surface area contributed by atoms with Gasteiger partial charge in [0.05, 0.1) is 6.04 Å². The van der Waals surface area contributed by atoms with Crippen LogP contribution in [-0.2, 0) is 27.4 Å². The number of halogens is 1. The van der Waals surface area contributed by atoms with Crippen molar-refractivity contribution in [2.24, 2.45) is 0 Å². The van der Waals surface area contributed by atoms with Gasteiger partial charge in [-0.3, -0.25) is 9.59 Å². The van der Waals surface area contributed by atoms with Gasteiger partial charge in [-0.15, -0.1) is 0 Å². The zero-order valence-corrected chi connectivity index (χ0v) is 19.0. The summed E-state index contributed by atoms with van der Waals surface area (Å²) in [5.41, 5.74) is 1.77. The Morgan fingerprint density at radius 1 is 1.06 bits per heavy atom. The number of hydrogen-bond donors (Lipinski definition) is 3. The van der Waals surface area contributed by atoms with Gasteiger partial charge in [-0.2, -0.15) is 0 Å². The summed E-state index contributed by atoms with van der Waals surface area (Å²) in [7, 11) is 0. The van der Waals surface area contributed by atoms with E-state index in [1.807, 2.05) is 48.5 Å². The molecule has 2 atom stereocenters. The van der Waals surface area contributed by atoms with Gasteiger partial charge in [-0.1, -0.05) is 60.1 Å². The van der Waals surface area contributed by atoms with Crippen LogP contribution >= 0.6 is 11.6 Å². The molecule has 0 radical (unpaired) electrons. The molecule has 0 fully saturated rings. The van der Waals surface area contributed by atoms with Crippen LogP contribution in [0.1, 0.15) is 30.4 Å². The third-order valence-electron chi connectivity index (χ3n) is 5.19. The lowest BCUT2D eigenvalue weighted by molar-refractivity contribution is -0.124. The first-order valence-electron chi connectivity index (χ1n) is 11.0. The van der Waals surface area contributed by atoms with E-state index in [2.05, 4.69) is 16.0 Å². The molecule has 0 saturated carbocycles. The monoisotopic (exact) mass is 469 g/mol. The van der Waals surface area contributed by atoms with E-state index in [0.717, 1.165) is 11.1 Å². The molecule has 1 aliphatic heterocycles. The maximum absolute atomic E-state index is 13.0. The number of alkyl carbamates (subject to hydrolysis) is 1. The molecule has 3 amide bonds. The fourth-order valence-electron chi connectivity index (χ4n) is 3.49. The quantitative estimate of drug-likeness (QED) is 0.624. The summed E-state index contributed by atoms with van der Waals surface area (Å²) >= 11 is 6.08. The SMILES string of the molecule is O=C1/C=C/[C@H](Cc2cccc(Cl)c2)NC(=O)[C@@H](NC(=O)OCc2ccccc2)CCCCN1. The van der Waals surface area contributed by atoms with Crippen LogP contribution in [0.4, 0.5) is 4.79 Å².